The molecular formula is C27H30N4O. The van der Waals surface area contributed by atoms with Crippen LogP contribution in [0, 0.1) is 5.92 Å². The average molecular weight is 427 g/mol. The van der Waals surface area contributed by atoms with Gasteiger partial charge in [0.05, 0.1) is 13.2 Å². The van der Waals surface area contributed by atoms with E-state index in [-0.39, 0.29) is 5.54 Å². The predicted molar refractivity (Wildman–Crippen MR) is 128 cm³/mol. The summed E-state index contributed by atoms with van der Waals surface area (Å²) >= 11 is 0. The number of benzene rings is 3. The van der Waals surface area contributed by atoms with Gasteiger partial charge in [-0.15, -0.1) is 0 Å². The molecule has 3 aromatic rings. The standard InChI is InChI=1S/C27H30N4O/c28-30-29-17-16-26-18-27(26,22-32-21-25-14-8-3-9-15-25)31(19-23-10-4-1-5-11-23)20-24-12-6-2-7-13-24/h1-15,26H,16-22H2. The summed E-state index contributed by atoms with van der Waals surface area (Å²) in [7, 11) is 0. The number of ether oxygens (including phenoxy) is 1. The van der Waals surface area contributed by atoms with E-state index in [2.05, 4.69) is 87.7 Å². The molecule has 0 heterocycles. The maximum absolute atomic E-state index is 8.72. The maximum Gasteiger partial charge on any atom is 0.0717 e. The number of hydrogen-bond donors (Lipinski definition) is 0. The molecule has 0 aromatic heterocycles. The summed E-state index contributed by atoms with van der Waals surface area (Å²) in [6.07, 6.45) is 1.95. The van der Waals surface area contributed by atoms with Gasteiger partial charge in [0, 0.05) is 30.1 Å². The van der Waals surface area contributed by atoms with Crippen LogP contribution in [0.3, 0.4) is 0 Å². The summed E-state index contributed by atoms with van der Waals surface area (Å²) in [5, 5.41) is 3.79. The molecule has 3 aromatic carbocycles. The maximum atomic E-state index is 8.72. The molecule has 1 aliphatic rings. The molecule has 32 heavy (non-hydrogen) atoms. The second-order valence-corrected chi connectivity index (χ2v) is 8.55. The highest BCUT2D eigenvalue weighted by molar-refractivity contribution is 5.22. The van der Waals surface area contributed by atoms with Gasteiger partial charge in [0.1, 0.15) is 0 Å². The molecular weight excluding hydrogens is 396 g/mol. The molecule has 0 bridgehead atoms. The summed E-state index contributed by atoms with van der Waals surface area (Å²) in [6.45, 7) is 3.54. The van der Waals surface area contributed by atoms with Gasteiger partial charge in [-0.3, -0.25) is 4.90 Å². The number of nitrogens with zero attached hydrogens (tertiary/aromatic N) is 4. The molecule has 0 aliphatic heterocycles. The Bertz CT molecular complexity index is 964. The first-order valence-corrected chi connectivity index (χ1v) is 11.3. The van der Waals surface area contributed by atoms with E-state index in [4.69, 9.17) is 10.3 Å². The van der Waals surface area contributed by atoms with Gasteiger partial charge >= 0.3 is 0 Å². The Morgan fingerprint density at radius 3 is 1.91 bits per heavy atom. The monoisotopic (exact) mass is 426 g/mol. The molecule has 0 radical (unpaired) electrons. The zero-order valence-electron chi connectivity index (χ0n) is 18.4. The van der Waals surface area contributed by atoms with Crippen molar-refractivity contribution in [3.63, 3.8) is 0 Å². The topological polar surface area (TPSA) is 61.2 Å². The van der Waals surface area contributed by atoms with Crippen molar-refractivity contribution in [3.05, 3.63) is 118 Å². The minimum Gasteiger partial charge on any atom is -0.375 e. The van der Waals surface area contributed by atoms with Crippen molar-refractivity contribution in [2.75, 3.05) is 13.2 Å². The Balaban J connectivity index is 1.54. The first-order chi connectivity index (χ1) is 15.8. The van der Waals surface area contributed by atoms with E-state index in [0.717, 1.165) is 25.9 Å². The molecule has 0 amide bonds. The zero-order valence-corrected chi connectivity index (χ0v) is 18.4. The molecule has 5 nitrogen and oxygen atoms in total. The van der Waals surface area contributed by atoms with Crippen molar-refractivity contribution in [1.82, 2.24) is 4.90 Å². The second kappa shape index (κ2) is 11.0. The van der Waals surface area contributed by atoms with Gasteiger partial charge in [-0.05, 0) is 41.0 Å². The van der Waals surface area contributed by atoms with Crippen LogP contribution in [0.4, 0.5) is 0 Å². The molecule has 1 fully saturated rings. The van der Waals surface area contributed by atoms with Crippen molar-refractivity contribution < 1.29 is 4.74 Å². The van der Waals surface area contributed by atoms with Crippen molar-refractivity contribution in [2.24, 2.45) is 11.0 Å². The van der Waals surface area contributed by atoms with Crippen LogP contribution in [-0.2, 0) is 24.4 Å². The number of azide groups is 1. The summed E-state index contributed by atoms with van der Waals surface area (Å²) in [4.78, 5) is 5.52. The third kappa shape index (κ3) is 5.77. The van der Waals surface area contributed by atoms with Gasteiger partial charge in [-0.2, -0.15) is 0 Å². The van der Waals surface area contributed by atoms with Crippen LogP contribution in [0.1, 0.15) is 29.5 Å². The second-order valence-electron chi connectivity index (χ2n) is 8.55. The van der Waals surface area contributed by atoms with Gasteiger partial charge in [-0.25, -0.2) is 0 Å². The Labute approximate surface area is 190 Å². The van der Waals surface area contributed by atoms with Crippen LogP contribution >= 0.6 is 0 Å². The third-order valence-corrected chi connectivity index (χ3v) is 6.37. The van der Waals surface area contributed by atoms with E-state index in [1.807, 2.05) is 18.2 Å². The zero-order chi connectivity index (χ0) is 22.1. The van der Waals surface area contributed by atoms with E-state index >= 15 is 0 Å². The molecule has 0 N–H and O–H groups in total. The molecule has 0 saturated heterocycles. The normalized spacial score (nSPS) is 19.5. The predicted octanol–water partition coefficient (Wildman–Crippen LogP) is 6.36. The van der Waals surface area contributed by atoms with Crippen LogP contribution in [-0.4, -0.2) is 23.6 Å². The van der Waals surface area contributed by atoms with E-state index in [9.17, 15) is 0 Å². The molecule has 2 unspecified atom stereocenters. The fraction of sp³-hybridized carbons (Fsp3) is 0.333. The number of rotatable bonds is 12. The fourth-order valence-corrected chi connectivity index (χ4v) is 4.55. The Morgan fingerprint density at radius 2 is 1.38 bits per heavy atom. The average Bonchev–Trinajstić information content (AvgIpc) is 3.55. The first-order valence-electron chi connectivity index (χ1n) is 11.3. The van der Waals surface area contributed by atoms with E-state index in [1.165, 1.54) is 16.7 Å². The Morgan fingerprint density at radius 1 is 0.844 bits per heavy atom. The van der Waals surface area contributed by atoms with Gasteiger partial charge in [-0.1, -0.05) is 96.1 Å². The molecule has 2 atom stereocenters. The van der Waals surface area contributed by atoms with Crippen LogP contribution < -0.4 is 0 Å². The lowest BCUT2D eigenvalue weighted by atomic mass is 10.1. The van der Waals surface area contributed by atoms with Crippen LogP contribution in [0.15, 0.2) is 96.1 Å². The van der Waals surface area contributed by atoms with Gasteiger partial charge in [0.25, 0.3) is 0 Å². The third-order valence-electron chi connectivity index (χ3n) is 6.37. The molecule has 5 heteroatoms. The lowest BCUT2D eigenvalue weighted by molar-refractivity contribution is 0.0211. The summed E-state index contributed by atoms with van der Waals surface area (Å²) in [6, 6.07) is 31.6. The molecule has 4 rings (SSSR count). The van der Waals surface area contributed by atoms with Gasteiger partial charge in [0.2, 0.25) is 0 Å². The van der Waals surface area contributed by atoms with Crippen molar-refractivity contribution in [3.8, 4) is 0 Å². The van der Waals surface area contributed by atoms with Crippen LogP contribution in [0.5, 0.6) is 0 Å². The molecule has 0 spiro atoms. The highest BCUT2D eigenvalue weighted by Crippen LogP contribution is 2.52. The Kier molecular flexibility index (Phi) is 7.57. The van der Waals surface area contributed by atoms with Crippen molar-refractivity contribution in [2.45, 2.75) is 38.1 Å². The minimum absolute atomic E-state index is 0.0502. The quantitative estimate of drug-likeness (QED) is 0.192. The van der Waals surface area contributed by atoms with Crippen molar-refractivity contribution in [1.29, 1.82) is 0 Å². The number of hydrogen-bond acceptors (Lipinski definition) is 3. The van der Waals surface area contributed by atoms with E-state index in [0.29, 0.717) is 25.7 Å². The molecule has 1 aliphatic carbocycles. The van der Waals surface area contributed by atoms with Gasteiger partial charge < -0.3 is 4.74 Å². The summed E-state index contributed by atoms with van der Waals surface area (Å²) < 4.78 is 6.29. The van der Waals surface area contributed by atoms with Crippen molar-refractivity contribution >= 4 is 0 Å². The summed E-state index contributed by atoms with van der Waals surface area (Å²) in [5.74, 6) is 0.455. The first kappa shape index (κ1) is 22.1. The Hall–Kier alpha value is -3.11. The van der Waals surface area contributed by atoms with Crippen LogP contribution in [0.25, 0.3) is 10.4 Å². The fourth-order valence-electron chi connectivity index (χ4n) is 4.55. The van der Waals surface area contributed by atoms with Crippen LogP contribution in [0.2, 0.25) is 0 Å². The van der Waals surface area contributed by atoms with E-state index in [1.54, 1.807) is 0 Å². The van der Waals surface area contributed by atoms with E-state index < -0.39 is 0 Å². The largest absolute Gasteiger partial charge is 0.375 e. The highest BCUT2D eigenvalue weighted by atomic mass is 16.5. The smallest absolute Gasteiger partial charge is 0.0717 e. The lowest BCUT2D eigenvalue weighted by Gasteiger charge is -2.34. The SMILES string of the molecule is [N-]=[N+]=NCCC1CC1(COCc1ccccc1)N(Cc1ccccc1)Cc1ccccc1. The summed E-state index contributed by atoms with van der Waals surface area (Å²) in [5.41, 5.74) is 12.5. The minimum atomic E-state index is -0.0502. The lowest BCUT2D eigenvalue weighted by Crippen LogP contribution is -2.42. The highest BCUT2D eigenvalue weighted by Gasteiger charge is 2.57. The molecule has 164 valence electrons. The van der Waals surface area contributed by atoms with Gasteiger partial charge in [0.15, 0.2) is 0 Å². The molecule has 1 saturated carbocycles.